The van der Waals surface area contributed by atoms with Crippen LogP contribution in [0.2, 0.25) is 0 Å². The lowest BCUT2D eigenvalue weighted by Gasteiger charge is -2.07. The molecule has 2 heterocycles. The minimum Gasteiger partial charge on any atom is -0.356 e. The minimum atomic E-state index is 0.103. The van der Waals surface area contributed by atoms with Gasteiger partial charge >= 0.3 is 0 Å². The molecule has 1 atom stereocenters. The smallest absolute Gasteiger partial charge is 0.222 e. The second kappa shape index (κ2) is 4.27. The Labute approximate surface area is 111 Å². The summed E-state index contributed by atoms with van der Waals surface area (Å²) >= 11 is 5.05. The van der Waals surface area contributed by atoms with Crippen molar-refractivity contribution in [1.29, 1.82) is 0 Å². The van der Waals surface area contributed by atoms with E-state index in [1.165, 1.54) is 0 Å². The van der Waals surface area contributed by atoms with Crippen LogP contribution in [0.4, 0.5) is 5.13 Å². The fourth-order valence-electron chi connectivity index (χ4n) is 1.84. The van der Waals surface area contributed by atoms with E-state index in [-0.39, 0.29) is 11.9 Å². The summed E-state index contributed by atoms with van der Waals surface area (Å²) in [6, 6.07) is 6.17. The third-order valence-electron chi connectivity index (χ3n) is 2.66. The molecule has 1 aromatic carbocycles. The van der Waals surface area contributed by atoms with Gasteiger partial charge in [-0.25, -0.2) is 4.98 Å². The van der Waals surface area contributed by atoms with Crippen LogP contribution in [-0.4, -0.2) is 23.5 Å². The molecule has 1 saturated heterocycles. The molecular formula is C11H10BrN3OS. The van der Waals surface area contributed by atoms with Gasteiger partial charge in [0.1, 0.15) is 0 Å². The number of nitrogens with zero attached hydrogens (tertiary/aromatic N) is 1. The summed E-state index contributed by atoms with van der Waals surface area (Å²) < 4.78 is 2.19. The fourth-order valence-corrected chi connectivity index (χ4v) is 3.34. The second-order valence-electron chi connectivity index (χ2n) is 3.98. The Morgan fingerprint density at radius 1 is 1.53 bits per heavy atom. The number of benzene rings is 1. The van der Waals surface area contributed by atoms with Gasteiger partial charge in [0.05, 0.1) is 16.3 Å². The predicted molar refractivity (Wildman–Crippen MR) is 72.4 cm³/mol. The maximum absolute atomic E-state index is 11.1. The number of nitrogens with one attached hydrogen (secondary N) is 2. The molecule has 17 heavy (non-hydrogen) atoms. The van der Waals surface area contributed by atoms with Crippen LogP contribution in [-0.2, 0) is 4.79 Å². The maximum atomic E-state index is 11.1. The lowest BCUT2D eigenvalue weighted by Crippen LogP contribution is -2.22. The molecule has 1 amide bonds. The zero-order chi connectivity index (χ0) is 11.8. The van der Waals surface area contributed by atoms with E-state index in [2.05, 4.69) is 37.6 Å². The number of aromatic nitrogens is 1. The van der Waals surface area contributed by atoms with Crippen molar-refractivity contribution in [1.82, 2.24) is 10.3 Å². The van der Waals surface area contributed by atoms with Gasteiger partial charge in [0, 0.05) is 17.4 Å². The van der Waals surface area contributed by atoms with Crippen molar-refractivity contribution in [2.45, 2.75) is 12.5 Å². The number of amides is 1. The molecule has 0 aliphatic carbocycles. The second-order valence-corrected chi connectivity index (χ2v) is 5.93. The molecule has 1 fully saturated rings. The first-order chi connectivity index (χ1) is 8.20. The first-order valence-electron chi connectivity index (χ1n) is 5.30. The molecule has 0 bridgehead atoms. The van der Waals surface area contributed by atoms with E-state index in [0.717, 1.165) is 19.8 Å². The van der Waals surface area contributed by atoms with E-state index in [0.29, 0.717) is 13.0 Å². The normalized spacial score (nSPS) is 19.6. The molecule has 2 N–H and O–H groups in total. The maximum Gasteiger partial charge on any atom is 0.222 e. The number of hydrogen-bond donors (Lipinski definition) is 2. The number of fused-ring (bicyclic) bond motifs is 1. The highest BCUT2D eigenvalue weighted by molar-refractivity contribution is 9.10. The van der Waals surface area contributed by atoms with Crippen molar-refractivity contribution in [2.24, 2.45) is 0 Å². The molecule has 1 unspecified atom stereocenters. The summed E-state index contributed by atoms with van der Waals surface area (Å²) in [5.41, 5.74) is 0.984. The molecule has 0 radical (unpaired) electrons. The monoisotopic (exact) mass is 311 g/mol. The quantitative estimate of drug-likeness (QED) is 0.895. The molecule has 6 heteroatoms. The van der Waals surface area contributed by atoms with Crippen molar-refractivity contribution >= 4 is 48.5 Å². The summed E-state index contributed by atoms with van der Waals surface area (Å²) in [5, 5.41) is 6.96. The van der Waals surface area contributed by atoms with Crippen LogP contribution in [0.1, 0.15) is 6.42 Å². The minimum absolute atomic E-state index is 0.103. The molecule has 1 aliphatic rings. The Kier molecular flexibility index (Phi) is 2.76. The van der Waals surface area contributed by atoms with E-state index in [1.54, 1.807) is 11.3 Å². The van der Waals surface area contributed by atoms with E-state index in [1.807, 2.05) is 12.1 Å². The van der Waals surface area contributed by atoms with Crippen LogP contribution in [0.25, 0.3) is 10.2 Å². The van der Waals surface area contributed by atoms with Crippen LogP contribution >= 0.6 is 27.3 Å². The van der Waals surface area contributed by atoms with Crippen molar-refractivity contribution in [3.8, 4) is 0 Å². The van der Waals surface area contributed by atoms with Crippen LogP contribution in [0.5, 0.6) is 0 Å². The number of carbonyl (C=O) groups excluding carboxylic acids is 1. The lowest BCUT2D eigenvalue weighted by atomic mass is 10.3. The summed E-state index contributed by atoms with van der Waals surface area (Å²) in [6.07, 6.45) is 0.527. The van der Waals surface area contributed by atoms with E-state index >= 15 is 0 Å². The average Bonchev–Trinajstić information content (AvgIpc) is 2.84. The first-order valence-corrected chi connectivity index (χ1v) is 6.91. The highest BCUT2D eigenvalue weighted by Gasteiger charge is 2.21. The Bertz CT molecular complexity index is 583. The van der Waals surface area contributed by atoms with Gasteiger partial charge in [-0.3, -0.25) is 4.79 Å². The van der Waals surface area contributed by atoms with Gasteiger partial charge in [0.15, 0.2) is 5.13 Å². The first kappa shape index (κ1) is 11.0. The van der Waals surface area contributed by atoms with Gasteiger partial charge in [-0.15, -0.1) is 0 Å². The lowest BCUT2D eigenvalue weighted by molar-refractivity contribution is -0.119. The summed E-state index contributed by atoms with van der Waals surface area (Å²) in [4.78, 5) is 15.6. The Morgan fingerprint density at radius 2 is 2.41 bits per heavy atom. The SMILES string of the molecule is O=C1CC(Nc2nc3ccc(Br)cc3s2)CN1. The Morgan fingerprint density at radius 3 is 3.18 bits per heavy atom. The average molecular weight is 312 g/mol. The highest BCUT2D eigenvalue weighted by atomic mass is 79.9. The molecule has 2 aromatic rings. The van der Waals surface area contributed by atoms with Crippen LogP contribution in [0.3, 0.4) is 0 Å². The van der Waals surface area contributed by atoms with E-state index in [9.17, 15) is 4.79 Å². The van der Waals surface area contributed by atoms with Gasteiger partial charge < -0.3 is 10.6 Å². The molecule has 0 spiro atoms. The molecule has 3 rings (SSSR count). The Balaban J connectivity index is 1.83. The van der Waals surface area contributed by atoms with Crippen molar-refractivity contribution < 1.29 is 4.79 Å². The topological polar surface area (TPSA) is 54.0 Å². The number of halogens is 1. The van der Waals surface area contributed by atoms with E-state index in [4.69, 9.17) is 0 Å². The predicted octanol–water partition coefficient (Wildman–Crippen LogP) is 2.36. The van der Waals surface area contributed by atoms with Crippen LogP contribution in [0, 0.1) is 0 Å². The number of rotatable bonds is 2. The molecular weight excluding hydrogens is 302 g/mol. The summed E-state index contributed by atoms with van der Waals surface area (Å²) in [7, 11) is 0. The van der Waals surface area contributed by atoms with Crippen molar-refractivity contribution in [3.05, 3.63) is 22.7 Å². The van der Waals surface area contributed by atoms with Gasteiger partial charge in [-0.05, 0) is 18.2 Å². The number of anilines is 1. The zero-order valence-corrected chi connectivity index (χ0v) is 11.3. The van der Waals surface area contributed by atoms with E-state index < -0.39 is 0 Å². The zero-order valence-electron chi connectivity index (χ0n) is 8.87. The molecule has 4 nitrogen and oxygen atoms in total. The van der Waals surface area contributed by atoms with Gasteiger partial charge in [-0.2, -0.15) is 0 Å². The highest BCUT2D eigenvalue weighted by Crippen LogP contribution is 2.29. The molecule has 1 aliphatic heterocycles. The number of hydrogen-bond acceptors (Lipinski definition) is 4. The Hall–Kier alpha value is -1.14. The number of carbonyl (C=O) groups is 1. The van der Waals surface area contributed by atoms with Crippen molar-refractivity contribution in [3.63, 3.8) is 0 Å². The standard InChI is InChI=1S/C11H10BrN3OS/c12-6-1-2-8-9(3-6)17-11(15-8)14-7-4-10(16)13-5-7/h1-3,7H,4-5H2,(H,13,16)(H,14,15). The van der Waals surface area contributed by atoms with Crippen LogP contribution < -0.4 is 10.6 Å². The molecule has 1 aromatic heterocycles. The molecule has 88 valence electrons. The van der Waals surface area contributed by atoms with Gasteiger partial charge in [-0.1, -0.05) is 27.3 Å². The van der Waals surface area contributed by atoms with Crippen LogP contribution in [0.15, 0.2) is 22.7 Å². The van der Waals surface area contributed by atoms with Crippen molar-refractivity contribution in [2.75, 3.05) is 11.9 Å². The largest absolute Gasteiger partial charge is 0.356 e. The molecule has 0 saturated carbocycles. The fraction of sp³-hybridized carbons (Fsp3) is 0.273. The van der Waals surface area contributed by atoms with Gasteiger partial charge in [0.25, 0.3) is 0 Å². The third-order valence-corrected chi connectivity index (χ3v) is 4.10. The third kappa shape index (κ3) is 2.28. The summed E-state index contributed by atoms with van der Waals surface area (Å²) in [5.74, 6) is 0.103. The summed E-state index contributed by atoms with van der Waals surface area (Å²) in [6.45, 7) is 0.679. The number of thiazole rings is 1. The van der Waals surface area contributed by atoms with Gasteiger partial charge in [0.2, 0.25) is 5.91 Å².